The predicted molar refractivity (Wildman–Crippen MR) is 233 cm³/mol. The van der Waals surface area contributed by atoms with Gasteiger partial charge in [-0.1, -0.05) is 86.6 Å². The van der Waals surface area contributed by atoms with Crippen molar-refractivity contribution in [3.63, 3.8) is 0 Å². The van der Waals surface area contributed by atoms with Gasteiger partial charge in [-0.3, -0.25) is 14.7 Å². The van der Waals surface area contributed by atoms with Crippen molar-refractivity contribution in [2.45, 2.75) is 89.6 Å². The maximum atomic E-state index is 14.0. The first-order valence-corrected chi connectivity index (χ1v) is 21.0. The van der Waals surface area contributed by atoms with Crippen LogP contribution in [-0.4, -0.2) is 107 Å². The minimum absolute atomic E-state index is 0.0583. The van der Waals surface area contributed by atoms with Crippen LogP contribution in [0.15, 0.2) is 89.0 Å². The van der Waals surface area contributed by atoms with Gasteiger partial charge in [-0.15, -0.1) is 0 Å². The van der Waals surface area contributed by atoms with Crippen molar-refractivity contribution < 1.29 is 23.9 Å². The fourth-order valence-corrected chi connectivity index (χ4v) is 8.81. The highest BCUT2D eigenvalue weighted by atomic mass is 16.5. The van der Waals surface area contributed by atoms with E-state index in [0.29, 0.717) is 31.9 Å². The molecule has 0 saturated carbocycles. The molecule has 316 valence electrons. The average molecular weight is 816 g/mol. The van der Waals surface area contributed by atoms with Gasteiger partial charge in [0.15, 0.2) is 0 Å². The third kappa shape index (κ3) is 9.45. The largest absolute Gasteiger partial charge is 0.453 e. The number of hydrogen-bond donors (Lipinski definition) is 4. The van der Waals surface area contributed by atoms with Crippen LogP contribution < -0.4 is 16.4 Å². The normalized spacial score (nSPS) is 19.4. The third-order valence-electron chi connectivity index (χ3n) is 12.1. The van der Waals surface area contributed by atoms with Crippen LogP contribution in [0, 0.1) is 5.92 Å². The Labute approximate surface area is 352 Å². The van der Waals surface area contributed by atoms with Crippen LogP contribution in [0.1, 0.15) is 75.0 Å². The number of carbonyl (C=O) groups is 3. The predicted octanol–water partition coefficient (Wildman–Crippen LogP) is 6.27. The van der Waals surface area contributed by atoms with Gasteiger partial charge in [0.1, 0.15) is 17.7 Å². The van der Waals surface area contributed by atoms with Crippen LogP contribution in [0.2, 0.25) is 0 Å². The first kappa shape index (κ1) is 42.3. The lowest BCUT2D eigenvalue weighted by Gasteiger charge is -2.37. The van der Waals surface area contributed by atoms with Crippen molar-refractivity contribution in [3.05, 3.63) is 102 Å². The summed E-state index contributed by atoms with van der Waals surface area (Å²) in [6, 6.07) is 23.7. The molecule has 14 heteroatoms. The molecule has 1 unspecified atom stereocenters. The van der Waals surface area contributed by atoms with E-state index in [1.165, 1.54) is 14.2 Å². The van der Waals surface area contributed by atoms with E-state index in [9.17, 15) is 14.4 Å². The average Bonchev–Trinajstić information content (AvgIpc) is 4.12. The van der Waals surface area contributed by atoms with Gasteiger partial charge in [0.2, 0.25) is 5.91 Å². The van der Waals surface area contributed by atoms with Crippen molar-refractivity contribution in [3.8, 4) is 22.4 Å². The third-order valence-corrected chi connectivity index (χ3v) is 12.1. The van der Waals surface area contributed by atoms with Crippen LogP contribution in [-0.2, 0) is 27.2 Å². The van der Waals surface area contributed by atoms with E-state index in [0.717, 1.165) is 82.8 Å². The molecule has 0 aliphatic carbocycles. The number of nitrogens with zero attached hydrogens (tertiary/aromatic N) is 5. The molecule has 3 aliphatic heterocycles. The molecule has 1 aromatic heterocycles. The summed E-state index contributed by atoms with van der Waals surface area (Å²) in [4.78, 5) is 60.8. The summed E-state index contributed by atoms with van der Waals surface area (Å²) < 4.78 is 9.78. The van der Waals surface area contributed by atoms with Crippen LogP contribution in [0.25, 0.3) is 22.4 Å². The number of hydrogen-bond acceptors (Lipinski definition) is 10. The van der Waals surface area contributed by atoms with E-state index in [1.807, 2.05) is 35.4 Å². The highest BCUT2D eigenvalue weighted by molar-refractivity contribution is 6.14. The number of methoxy groups -OCH3 is 2. The lowest BCUT2D eigenvalue weighted by molar-refractivity contribution is -0.134. The van der Waals surface area contributed by atoms with Crippen molar-refractivity contribution in [2.75, 3.05) is 33.9 Å². The second kappa shape index (κ2) is 19.0. The Morgan fingerprint density at radius 2 is 1.40 bits per heavy atom. The molecule has 3 amide bonds. The number of benzene rings is 3. The number of H-pyrrole nitrogens is 1. The summed E-state index contributed by atoms with van der Waals surface area (Å²) in [5, 5.41) is 5.80. The quantitative estimate of drug-likeness (QED) is 0.115. The van der Waals surface area contributed by atoms with Gasteiger partial charge in [-0.2, -0.15) is 0 Å². The van der Waals surface area contributed by atoms with E-state index in [4.69, 9.17) is 30.2 Å². The standard InChI is InChI=1S/C46H57N9O5/c1-28(2)41(53-46(58)60-5)29(3)54-22-6-8-39(54)42-48-26-37(50-42)34-18-14-32(15-19-34)33-16-20-35(21-17-33)38-27-49-43(51-38)40-9-7-23-55(40)44(56)36(52-45(57)59-4)24-30-10-12-31(25-47)13-11-30/h10-21,27-29,36,39-41H,6-9,22-26,47H2,1-5H3,(H,49,51)(H,52,57)(H,53,58)/t29?,36-,39-,40-,41-/m0/s1. The zero-order chi connectivity index (χ0) is 42.3. The molecule has 4 aromatic rings. The van der Waals surface area contributed by atoms with Crippen LogP contribution in [0.4, 0.5) is 9.59 Å². The molecular weight excluding hydrogens is 759 g/mol. The monoisotopic (exact) mass is 815 g/mol. The van der Waals surface area contributed by atoms with Gasteiger partial charge in [-0.05, 0) is 78.5 Å². The minimum Gasteiger partial charge on any atom is -0.453 e. The number of amides is 3. The van der Waals surface area contributed by atoms with Crippen molar-refractivity contribution in [2.24, 2.45) is 21.6 Å². The van der Waals surface area contributed by atoms with Crippen LogP contribution in [0.3, 0.4) is 0 Å². The van der Waals surface area contributed by atoms with Crippen molar-refractivity contribution >= 4 is 29.6 Å². The molecule has 0 spiro atoms. The molecule has 14 nitrogen and oxygen atoms in total. The molecule has 4 heterocycles. The molecule has 3 aromatic carbocycles. The molecule has 3 aliphatic rings. The van der Waals surface area contributed by atoms with Crippen LogP contribution in [0.5, 0.6) is 0 Å². The molecule has 60 heavy (non-hydrogen) atoms. The number of aliphatic imine (C=N–C) groups is 2. The summed E-state index contributed by atoms with van der Waals surface area (Å²) in [6.45, 7) is 8.87. The molecular formula is C46H57N9O5. The van der Waals surface area contributed by atoms with E-state index in [2.05, 4.69) is 89.8 Å². The summed E-state index contributed by atoms with van der Waals surface area (Å²) in [6.07, 6.45) is 4.70. The van der Waals surface area contributed by atoms with Crippen molar-refractivity contribution in [1.82, 2.24) is 30.4 Å². The molecule has 7 rings (SSSR count). The second-order valence-corrected chi connectivity index (χ2v) is 16.2. The Hall–Kier alpha value is -5.86. The van der Waals surface area contributed by atoms with E-state index < -0.39 is 18.2 Å². The smallest absolute Gasteiger partial charge is 0.407 e. The first-order valence-electron chi connectivity index (χ1n) is 21.0. The SMILES string of the molecule is COC(=O)N[C@@H](C(C)C)C(C)N1CCC[C@H]1C1=NCC(c2ccc(-c3ccc(-c4cnc([C@@H]5CCCN5C(=O)[C@H](Cc5ccc(CN)cc5)NC(=O)OC)[nH]4)cc3)cc2)=N1. The van der Waals surface area contributed by atoms with E-state index in [1.54, 1.807) is 0 Å². The minimum atomic E-state index is -0.797. The number of likely N-dealkylation sites (tertiary alicyclic amines) is 2. The molecule has 0 bridgehead atoms. The lowest BCUT2D eigenvalue weighted by Crippen LogP contribution is -2.55. The number of aromatic nitrogens is 2. The van der Waals surface area contributed by atoms with Gasteiger partial charge >= 0.3 is 12.2 Å². The number of imidazole rings is 1. The number of alkyl carbamates (subject to hydrolysis) is 2. The highest BCUT2D eigenvalue weighted by Crippen LogP contribution is 2.33. The Bertz CT molecular complexity index is 2180. The fourth-order valence-electron chi connectivity index (χ4n) is 8.81. The number of rotatable bonds is 14. The van der Waals surface area contributed by atoms with Gasteiger partial charge in [0.25, 0.3) is 0 Å². The number of aromatic amines is 1. The molecule has 2 fully saturated rings. The number of nitrogens with two attached hydrogens (primary N) is 1. The Kier molecular flexibility index (Phi) is 13.4. The summed E-state index contributed by atoms with van der Waals surface area (Å²) >= 11 is 0. The van der Waals surface area contributed by atoms with Crippen molar-refractivity contribution in [1.29, 1.82) is 0 Å². The van der Waals surface area contributed by atoms with E-state index >= 15 is 0 Å². The maximum absolute atomic E-state index is 14.0. The van der Waals surface area contributed by atoms with E-state index in [-0.39, 0.29) is 36.0 Å². The number of nitrogens with one attached hydrogen (secondary N) is 3. The summed E-state index contributed by atoms with van der Waals surface area (Å²) in [7, 11) is 2.69. The molecule has 2 saturated heterocycles. The summed E-state index contributed by atoms with van der Waals surface area (Å²) in [5.41, 5.74) is 13.7. The molecule has 5 atom stereocenters. The topological polar surface area (TPSA) is 180 Å². The highest BCUT2D eigenvalue weighted by Gasteiger charge is 2.39. The lowest BCUT2D eigenvalue weighted by atomic mass is 9.95. The second-order valence-electron chi connectivity index (χ2n) is 16.2. The summed E-state index contributed by atoms with van der Waals surface area (Å²) in [5.74, 6) is 1.64. The molecule has 5 N–H and O–H groups in total. The number of amidine groups is 1. The fraction of sp³-hybridized carbons (Fsp3) is 0.435. The van der Waals surface area contributed by atoms with Gasteiger partial charge < -0.3 is 35.7 Å². The maximum Gasteiger partial charge on any atom is 0.407 e. The van der Waals surface area contributed by atoms with Gasteiger partial charge in [-0.25, -0.2) is 19.6 Å². The molecule has 0 radical (unpaired) electrons. The Morgan fingerprint density at radius 1 is 0.800 bits per heavy atom. The number of carbonyl (C=O) groups excluding carboxylic acids is 3. The zero-order valence-corrected chi connectivity index (χ0v) is 35.2. The van der Waals surface area contributed by atoms with Gasteiger partial charge in [0.05, 0.1) is 50.5 Å². The number of ether oxygens (including phenoxy) is 2. The van der Waals surface area contributed by atoms with Crippen LogP contribution >= 0.6 is 0 Å². The van der Waals surface area contributed by atoms with Gasteiger partial charge in [0, 0.05) is 31.6 Å². The zero-order valence-electron chi connectivity index (χ0n) is 35.2. The first-order chi connectivity index (χ1) is 29.1. The Morgan fingerprint density at radius 3 is 2.05 bits per heavy atom. The Balaban J connectivity index is 0.988.